The quantitative estimate of drug-likeness (QED) is 0.777. The largest absolute Gasteiger partial charge is 0.324 e. The van der Waals surface area contributed by atoms with Crippen molar-refractivity contribution in [3.05, 3.63) is 63.7 Å². The molecule has 0 aliphatic heterocycles. The molecule has 25 heavy (non-hydrogen) atoms. The van der Waals surface area contributed by atoms with E-state index in [0.29, 0.717) is 5.65 Å². The van der Waals surface area contributed by atoms with E-state index in [1.165, 1.54) is 16.9 Å². The van der Waals surface area contributed by atoms with Gasteiger partial charge in [-0.2, -0.15) is 9.61 Å². The van der Waals surface area contributed by atoms with Gasteiger partial charge in [-0.3, -0.25) is 9.59 Å². The van der Waals surface area contributed by atoms with Crippen LogP contribution in [-0.2, 0) is 24.2 Å². The van der Waals surface area contributed by atoms with Gasteiger partial charge in [-0.05, 0) is 42.5 Å². The third kappa shape index (κ3) is 3.33. The Morgan fingerprint density at radius 3 is 2.48 bits per heavy atom. The molecule has 3 aromatic rings. The van der Waals surface area contributed by atoms with Crippen molar-refractivity contribution in [2.24, 2.45) is 0 Å². The van der Waals surface area contributed by atoms with Crippen molar-refractivity contribution in [1.29, 1.82) is 0 Å². The number of nitrogens with one attached hydrogen (secondary N) is 1. The van der Waals surface area contributed by atoms with Gasteiger partial charge >= 0.3 is 0 Å². The van der Waals surface area contributed by atoms with Crippen molar-refractivity contribution in [2.45, 2.75) is 40.2 Å². The van der Waals surface area contributed by atoms with Crippen molar-refractivity contribution in [3.63, 3.8) is 0 Å². The Kier molecular flexibility index (Phi) is 4.70. The third-order valence-electron chi connectivity index (χ3n) is 4.31. The van der Waals surface area contributed by atoms with Crippen LogP contribution in [0.15, 0.2) is 41.5 Å². The van der Waals surface area contributed by atoms with Crippen LogP contribution in [0.1, 0.15) is 30.5 Å². The van der Waals surface area contributed by atoms with Crippen LogP contribution in [0, 0.1) is 6.92 Å². The first-order chi connectivity index (χ1) is 12.0. The van der Waals surface area contributed by atoms with Crippen molar-refractivity contribution < 1.29 is 4.79 Å². The lowest BCUT2D eigenvalue weighted by molar-refractivity contribution is -0.116. The summed E-state index contributed by atoms with van der Waals surface area (Å²) in [6, 6.07) is 9.45. The Morgan fingerprint density at radius 1 is 1.16 bits per heavy atom. The summed E-state index contributed by atoms with van der Waals surface area (Å²) < 4.78 is 2.99. The van der Waals surface area contributed by atoms with Crippen LogP contribution in [0.4, 0.5) is 5.69 Å². The highest BCUT2D eigenvalue weighted by molar-refractivity contribution is 5.92. The number of carbonyl (C=O) groups is 1. The Bertz CT molecular complexity index is 962. The van der Waals surface area contributed by atoms with Crippen LogP contribution in [0.2, 0.25) is 0 Å². The molecule has 6 heteroatoms. The van der Waals surface area contributed by atoms with Gasteiger partial charge in [0, 0.05) is 11.8 Å². The van der Waals surface area contributed by atoms with Gasteiger partial charge in [0.05, 0.1) is 0 Å². The van der Waals surface area contributed by atoms with E-state index >= 15 is 0 Å². The van der Waals surface area contributed by atoms with E-state index < -0.39 is 0 Å². The number of amides is 1. The molecule has 1 N–H and O–H groups in total. The van der Waals surface area contributed by atoms with E-state index in [0.717, 1.165) is 35.2 Å². The van der Waals surface area contributed by atoms with Gasteiger partial charge in [0.1, 0.15) is 18.5 Å². The highest BCUT2D eigenvalue weighted by Crippen LogP contribution is 2.22. The van der Waals surface area contributed by atoms with E-state index in [9.17, 15) is 9.59 Å². The lowest BCUT2D eigenvalue weighted by Gasteiger charge is -2.14. The fraction of sp³-hybridized carbons (Fsp3) is 0.316. The summed E-state index contributed by atoms with van der Waals surface area (Å²) in [4.78, 5) is 24.5. The number of aryl methyl sites for hydroxylation is 3. The second kappa shape index (κ2) is 6.93. The molecule has 6 nitrogen and oxygen atoms in total. The topological polar surface area (TPSA) is 68.4 Å². The zero-order valence-electron chi connectivity index (χ0n) is 14.7. The van der Waals surface area contributed by atoms with Crippen LogP contribution in [0.5, 0.6) is 0 Å². The standard InChI is InChI=1S/C19H22N4O2/c1-4-14-7-6-8-15(5-2)19(14)21-16(24)11-22-12-20-23-17(22)9-13(3)10-18(23)25/h6-10,12H,4-5,11H2,1-3H3,(H,21,24). The molecule has 1 amide bonds. The number of aromatic nitrogens is 3. The number of nitrogens with zero attached hydrogens (tertiary/aromatic N) is 3. The maximum Gasteiger partial charge on any atom is 0.273 e. The van der Waals surface area contributed by atoms with Crippen molar-refractivity contribution >= 4 is 17.2 Å². The van der Waals surface area contributed by atoms with Gasteiger partial charge in [0.25, 0.3) is 5.56 Å². The Hall–Kier alpha value is -2.89. The molecule has 0 bridgehead atoms. The number of hydrogen-bond donors (Lipinski definition) is 1. The van der Waals surface area contributed by atoms with E-state index in [4.69, 9.17) is 0 Å². The molecule has 0 aliphatic rings. The van der Waals surface area contributed by atoms with Gasteiger partial charge in [-0.1, -0.05) is 32.0 Å². The molecule has 1 aromatic carbocycles. The summed E-state index contributed by atoms with van der Waals surface area (Å²) in [5.41, 5.74) is 4.40. The monoisotopic (exact) mass is 338 g/mol. The van der Waals surface area contributed by atoms with E-state index in [-0.39, 0.29) is 18.0 Å². The number of pyridine rings is 1. The highest BCUT2D eigenvalue weighted by Gasteiger charge is 2.12. The minimum Gasteiger partial charge on any atom is -0.324 e. The van der Waals surface area contributed by atoms with Crippen molar-refractivity contribution in [3.8, 4) is 0 Å². The zero-order valence-corrected chi connectivity index (χ0v) is 14.7. The molecular formula is C19H22N4O2. The van der Waals surface area contributed by atoms with Gasteiger partial charge in [-0.15, -0.1) is 0 Å². The van der Waals surface area contributed by atoms with Crippen LogP contribution in [0.3, 0.4) is 0 Å². The minimum absolute atomic E-state index is 0.105. The fourth-order valence-electron chi connectivity index (χ4n) is 3.03. The fourth-order valence-corrected chi connectivity index (χ4v) is 3.03. The van der Waals surface area contributed by atoms with Crippen LogP contribution < -0.4 is 10.9 Å². The summed E-state index contributed by atoms with van der Waals surface area (Å²) in [6.45, 7) is 6.10. The molecule has 0 atom stereocenters. The molecule has 0 fully saturated rings. The Morgan fingerprint density at radius 2 is 1.84 bits per heavy atom. The predicted molar refractivity (Wildman–Crippen MR) is 98.0 cm³/mol. The summed E-state index contributed by atoms with van der Waals surface area (Å²) in [7, 11) is 0. The minimum atomic E-state index is -0.196. The van der Waals surface area contributed by atoms with Gasteiger partial charge < -0.3 is 9.88 Å². The average Bonchev–Trinajstić information content (AvgIpc) is 2.98. The van der Waals surface area contributed by atoms with Crippen molar-refractivity contribution in [2.75, 3.05) is 5.32 Å². The van der Waals surface area contributed by atoms with Crippen molar-refractivity contribution in [1.82, 2.24) is 14.2 Å². The molecule has 2 aromatic heterocycles. The summed E-state index contributed by atoms with van der Waals surface area (Å²) in [5.74, 6) is -0.135. The van der Waals surface area contributed by atoms with Gasteiger partial charge in [-0.25, -0.2) is 0 Å². The smallest absolute Gasteiger partial charge is 0.273 e. The molecule has 2 heterocycles. The predicted octanol–water partition coefficient (Wildman–Crippen LogP) is 2.57. The molecule has 0 saturated heterocycles. The molecule has 0 radical (unpaired) electrons. The Balaban J connectivity index is 1.88. The number of hydrogen-bond acceptors (Lipinski definition) is 3. The summed E-state index contributed by atoms with van der Waals surface area (Å²) >= 11 is 0. The molecular weight excluding hydrogens is 316 g/mol. The lowest BCUT2D eigenvalue weighted by Crippen LogP contribution is -2.21. The molecule has 3 rings (SSSR count). The number of carbonyl (C=O) groups excluding carboxylic acids is 1. The van der Waals surface area contributed by atoms with Gasteiger partial charge in [0.15, 0.2) is 0 Å². The number of anilines is 1. The van der Waals surface area contributed by atoms with Crippen LogP contribution in [-0.4, -0.2) is 20.1 Å². The number of fused-ring (bicyclic) bond motifs is 1. The maximum absolute atomic E-state index is 12.6. The molecule has 130 valence electrons. The number of rotatable bonds is 5. The first-order valence-corrected chi connectivity index (χ1v) is 8.49. The van der Waals surface area contributed by atoms with Crippen LogP contribution >= 0.6 is 0 Å². The second-order valence-corrected chi connectivity index (χ2v) is 6.11. The summed E-state index contributed by atoms with van der Waals surface area (Å²) in [6.07, 6.45) is 3.22. The number of para-hydroxylation sites is 1. The first kappa shape index (κ1) is 17.0. The van der Waals surface area contributed by atoms with E-state index in [1.54, 1.807) is 4.57 Å². The average molecular weight is 338 g/mol. The third-order valence-corrected chi connectivity index (χ3v) is 4.31. The Labute approximate surface area is 146 Å². The molecule has 0 aliphatic carbocycles. The molecule has 0 saturated carbocycles. The van der Waals surface area contributed by atoms with E-state index in [1.807, 2.05) is 31.2 Å². The first-order valence-electron chi connectivity index (χ1n) is 8.49. The molecule has 0 spiro atoms. The summed E-state index contributed by atoms with van der Waals surface area (Å²) in [5, 5.41) is 7.11. The van der Waals surface area contributed by atoms with Crippen LogP contribution in [0.25, 0.3) is 5.65 Å². The normalized spacial score (nSPS) is 11.0. The second-order valence-electron chi connectivity index (χ2n) is 6.11. The molecule has 0 unspecified atom stereocenters. The van der Waals surface area contributed by atoms with E-state index in [2.05, 4.69) is 24.3 Å². The highest BCUT2D eigenvalue weighted by atomic mass is 16.2. The van der Waals surface area contributed by atoms with Gasteiger partial charge in [0.2, 0.25) is 5.91 Å². The SMILES string of the molecule is CCc1cccc(CC)c1NC(=O)Cn1cnn2c(=O)cc(C)cc12. The lowest BCUT2D eigenvalue weighted by atomic mass is 10.0. The zero-order chi connectivity index (χ0) is 18.0. The number of benzene rings is 1. The maximum atomic E-state index is 12.6.